The van der Waals surface area contributed by atoms with Gasteiger partial charge >= 0.3 is 0 Å². The first-order chi connectivity index (χ1) is 62.2. The standard InChI is InChI=1S/C60H44.C39H28.C28H18/c1-59(2)55-27-9-7-21-49(55)51-25-13-23-43(57(51)59)41-17-11-15-37(33-41)39-29-31-47-48-32-30-40(36-54(48)46-20-6-5-19-45(46)53(47)35-39)38-16-12-18-42(34-38)44-24-14-26-52-50-22-8-10-28-56(50)60(3,4)58(44)52;1-39(2)37-17-8-7-16-34(37)35-21-19-28(24-38(35)39)26-11-9-10-25(22-26)27-18-20-33-31-14-4-3-12-29(31)30-13-5-6-15-32(30)36(33)23-27;1-2-8-20-17-21(14-13-19(20)7-1)22-15-16-27-25-11-4-3-9-23(25)24-10-5-6-12-26(24)28(27)18-22/h5-36H,1-4H3;3-24H,1-2H3;1-18H. The van der Waals surface area contributed by atoms with Gasteiger partial charge in [-0.25, -0.2) is 0 Å². The lowest BCUT2D eigenvalue weighted by molar-refractivity contribution is 0.660. The second kappa shape index (κ2) is 29.4. The Kier molecular flexibility index (Phi) is 17.5. The molecule has 0 heteroatoms. The van der Waals surface area contributed by atoms with Crippen molar-refractivity contribution in [3.63, 3.8) is 0 Å². The van der Waals surface area contributed by atoms with Crippen molar-refractivity contribution in [2.45, 2.75) is 57.8 Å². The lowest BCUT2D eigenvalue weighted by atomic mass is 9.78. The SMILES string of the molecule is CC1(C)c2ccccc2-c2ccc(-c3cccc(-c4ccc5c6ccccc6c6ccccc6c5c4)c3)cc21.CC1(C)c2ccccc2-c2cccc(-c3cccc(-c4ccc5c6ccc(-c7cccc(-c8cccc9c8C(C)(C)c8ccccc8-9)c7)cc6c6ccccc6c5c4)c3)c21.c1ccc2cc(-c3ccc4c5ccccc5c5ccccc5c4c3)ccc2c1. The molecule has 0 aliphatic heterocycles. The van der Waals surface area contributed by atoms with Gasteiger partial charge < -0.3 is 0 Å². The van der Waals surface area contributed by atoms with Gasteiger partial charge in [0.1, 0.15) is 0 Å². The third-order valence-electron chi connectivity index (χ3n) is 28.7. The van der Waals surface area contributed by atoms with Crippen LogP contribution >= 0.6 is 0 Å². The monoisotopic (exact) mass is 1610 g/mol. The van der Waals surface area contributed by atoms with E-state index in [0.29, 0.717) is 0 Å². The van der Waals surface area contributed by atoms with Crippen LogP contribution in [0.3, 0.4) is 0 Å². The summed E-state index contributed by atoms with van der Waals surface area (Å²) >= 11 is 0. The van der Waals surface area contributed by atoms with Gasteiger partial charge in [0, 0.05) is 16.2 Å². The van der Waals surface area contributed by atoms with E-state index in [2.05, 4.69) is 478 Å². The van der Waals surface area contributed by atoms with E-state index in [1.807, 2.05) is 0 Å². The van der Waals surface area contributed by atoms with Gasteiger partial charge in [0.2, 0.25) is 0 Å². The van der Waals surface area contributed by atoms with Gasteiger partial charge in [0.25, 0.3) is 0 Å². The van der Waals surface area contributed by atoms with Crippen LogP contribution < -0.4 is 0 Å². The fourth-order valence-electron chi connectivity index (χ4n) is 22.5. The molecule has 0 saturated carbocycles. The molecule has 127 heavy (non-hydrogen) atoms. The quantitative estimate of drug-likeness (QED) is 0.140. The summed E-state index contributed by atoms with van der Waals surface area (Å²) in [4.78, 5) is 0. The van der Waals surface area contributed by atoms with E-state index in [1.54, 1.807) is 0 Å². The van der Waals surface area contributed by atoms with Crippen molar-refractivity contribution < 1.29 is 0 Å². The normalized spacial score (nSPS) is 13.5. The molecule has 0 aromatic heterocycles. The van der Waals surface area contributed by atoms with Crippen LogP contribution in [-0.2, 0) is 16.2 Å². The third-order valence-corrected chi connectivity index (χ3v) is 28.7. The topological polar surface area (TPSA) is 0 Å². The van der Waals surface area contributed by atoms with E-state index in [-0.39, 0.29) is 16.2 Å². The highest BCUT2D eigenvalue weighted by Gasteiger charge is 2.40. The van der Waals surface area contributed by atoms with Gasteiger partial charge in [-0.1, -0.05) is 424 Å². The van der Waals surface area contributed by atoms with Gasteiger partial charge in [0.15, 0.2) is 0 Å². The summed E-state index contributed by atoms with van der Waals surface area (Å²) in [6, 6.07) is 162. The molecule has 0 amide bonds. The van der Waals surface area contributed by atoms with Crippen LogP contribution in [0.4, 0.5) is 0 Å². The molecule has 0 atom stereocenters. The molecule has 0 nitrogen and oxygen atoms in total. The molecule has 23 aromatic rings. The Morgan fingerprint density at radius 1 is 0.118 bits per heavy atom. The molecule has 0 saturated heterocycles. The highest BCUT2D eigenvalue weighted by atomic mass is 14.4. The van der Waals surface area contributed by atoms with Crippen molar-refractivity contribution in [1.82, 2.24) is 0 Å². The number of fused-ring (bicyclic) bond motifs is 28. The Morgan fingerprint density at radius 2 is 0.346 bits per heavy atom. The zero-order valence-corrected chi connectivity index (χ0v) is 72.1. The average Bonchev–Trinajstić information content (AvgIpc) is 1.72. The Hall–Kier alpha value is -15.3. The van der Waals surface area contributed by atoms with Crippen LogP contribution in [0.2, 0.25) is 0 Å². The Labute approximate surface area is 741 Å². The summed E-state index contributed by atoms with van der Waals surface area (Å²) in [5, 5.41) is 26.1. The van der Waals surface area contributed by atoms with Crippen LogP contribution in [0.25, 0.3) is 219 Å². The summed E-state index contributed by atoms with van der Waals surface area (Å²) in [5.41, 5.74) is 34.1. The fourth-order valence-corrected chi connectivity index (χ4v) is 22.5. The van der Waals surface area contributed by atoms with Crippen molar-refractivity contribution in [2.24, 2.45) is 0 Å². The lowest BCUT2D eigenvalue weighted by Gasteiger charge is -2.24. The minimum absolute atomic E-state index is 0.00171. The maximum Gasteiger partial charge on any atom is 0.0165 e. The van der Waals surface area contributed by atoms with Crippen LogP contribution in [-0.4, -0.2) is 0 Å². The summed E-state index contributed by atoms with van der Waals surface area (Å²) in [6.45, 7) is 14.2. The zero-order valence-electron chi connectivity index (χ0n) is 72.1. The van der Waals surface area contributed by atoms with Crippen molar-refractivity contribution in [2.75, 3.05) is 0 Å². The Morgan fingerprint density at radius 3 is 0.724 bits per heavy atom. The third kappa shape index (κ3) is 12.2. The van der Waals surface area contributed by atoms with Gasteiger partial charge in [-0.2, -0.15) is 0 Å². The fraction of sp³-hybridized carbons (Fsp3) is 0.0709. The van der Waals surface area contributed by atoms with Gasteiger partial charge in [-0.3, -0.25) is 0 Å². The largest absolute Gasteiger partial charge is 0.0619 e. The van der Waals surface area contributed by atoms with E-state index >= 15 is 0 Å². The molecule has 3 aliphatic rings. The van der Waals surface area contributed by atoms with Gasteiger partial charge in [-0.15, -0.1) is 0 Å². The number of hydrogen-bond acceptors (Lipinski definition) is 0. The van der Waals surface area contributed by atoms with Crippen LogP contribution in [0.1, 0.15) is 74.9 Å². The molecule has 3 aliphatic carbocycles. The molecule has 0 unspecified atom stereocenters. The zero-order chi connectivity index (χ0) is 85.0. The second-order valence-electron chi connectivity index (χ2n) is 36.8. The highest BCUT2D eigenvalue weighted by Crippen LogP contribution is 2.56. The molecule has 0 N–H and O–H groups in total. The average molecular weight is 1620 g/mol. The van der Waals surface area contributed by atoms with Crippen molar-refractivity contribution in [3.8, 4) is 111 Å². The summed E-state index contributed by atoms with van der Waals surface area (Å²) in [7, 11) is 0. The number of hydrogen-bond donors (Lipinski definition) is 0. The van der Waals surface area contributed by atoms with E-state index < -0.39 is 0 Å². The minimum atomic E-state index is -0.0730. The maximum absolute atomic E-state index is 2.42. The molecule has 0 bridgehead atoms. The molecule has 0 radical (unpaired) electrons. The number of rotatable bonds is 7. The molecule has 26 rings (SSSR count). The first-order valence-electron chi connectivity index (χ1n) is 44.8. The summed E-state index contributed by atoms with van der Waals surface area (Å²) < 4.78 is 0. The van der Waals surface area contributed by atoms with Crippen molar-refractivity contribution in [1.29, 1.82) is 0 Å². The predicted octanol–water partition coefficient (Wildman–Crippen LogP) is 35.2. The van der Waals surface area contributed by atoms with Crippen molar-refractivity contribution >= 4 is 108 Å². The summed E-state index contributed by atoms with van der Waals surface area (Å²) in [6.07, 6.45) is 0. The van der Waals surface area contributed by atoms with Crippen LogP contribution in [0.15, 0.2) is 437 Å². The van der Waals surface area contributed by atoms with Crippen LogP contribution in [0, 0.1) is 0 Å². The Balaban J connectivity index is 0.000000115. The second-order valence-corrected chi connectivity index (χ2v) is 36.8. The van der Waals surface area contributed by atoms with Crippen molar-refractivity contribution in [3.05, 3.63) is 470 Å². The van der Waals surface area contributed by atoms with Gasteiger partial charge in [0.05, 0.1) is 0 Å². The van der Waals surface area contributed by atoms with Crippen LogP contribution in [0.5, 0.6) is 0 Å². The number of benzene rings is 23. The lowest BCUT2D eigenvalue weighted by Crippen LogP contribution is -2.16. The highest BCUT2D eigenvalue weighted by molar-refractivity contribution is 6.29. The Bertz CT molecular complexity index is 8230. The van der Waals surface area contributed by atoms with E-state index in [0.717, 1.165) is 0 Å². The first kappa shape index (κ1) is 75.4. The molecule has 0 heterocycles. The van der Waals surface area contributed by atoms with E-state index in [4.69, 9.17) is 0 Å². The van der Waals surface area contributed by atoms with Gasteiger partial charge in [-0.05, 0) is 307 Å². The smallest absolute Gasteiger partial charge is 0.0165 e. The minimum Gasteiger partial charge on any atom is -0.0619 e. The molecular formula is C127H90. The molecule has 0 spiro atoms. The van der Waals surface area contributed by atoms with E-state index in [9.17, 15) is 0 Å². The molecule has 598 valence electrons. The molecule has 0 fully saturated rings. The van der Waals surface area contributed by atoms with E-state index in [1.165, 1.54) is 252 Å². The first-order valence-corrected chi connectivity index (χ1v) is 44.8. The summed E-state index contributed by atoms with van der Waals surface area (Å²) in [5.74, 6) is 0. The maximum atomic E-state index is 2.42. The molecular weight excluding hydrogens is 1530 g/mol. The predicted molar refractivity (Wildman–Crippen MR) is 545 cm³/mol. The molecule has 23 aromatic carbocycles.